The van der Waals surface area contributed by atoms with Crippen molar-refractivity contribution in [1.29, 1.82) is 0 Å². The first-order chi connectivity index (χ1) is 14.2. The van der Waals surface area contributed by atoms with E-state index in [0.29, 0.717) is 18.3 Å². The first kappa shape index (κ1) is 21.1. The molecule has 29 heavy (non-hydrogen) atoms. The van der Waals surface area contributed by atoms with E-state index >= 15 is 0 Å². The second-order valence-corrected chi connectivity index (χ2v) is 7.87. The van der Waals surface area contributed by atoms with E-state index in [1.807, 2.05) is 35.6 Å². The molecule has 3 rings (SSSR count). The van der Waals surface area contributed by atoms with Crippen LogP contribution >= 0.6 is 11.3 Å². The number of hydrogen-bond acceptors (Lipinski definition) is 5. The van der Waals surface area contributed by atoms with Crippen molar-refractivity contribution in [2.75, 3.05) is 39.1 Å². The van der Waals surface area contributed by atoms with E-state index in [1.54, 1.807) is 7.05 Å². The van der Waals surface area contributed by atoms with Crippen LogP contribution in [0.15, 0.2) is 46.8 Å². The Hall–Kier alpha value is -2.58. The van der Waals surface area contributed by atoms with Gasteiger partial charge in [-0.15, -0.1) is 11.3 Å². The summed E-state index contributed by atoms with van der Waals surface area (Å²) < 4.78 is 4.60. The van der Waals surface area contributed by atoms with Crippen molar-refractivity contribution in [2.45, 2.75) is 25.4 Å². The Morgan fingerprint density at radius 2 is 1.97 bits per heavy atom. The van der Waals surface area contributed by atoms with Crippen LogP contribution in [0.1, 0.15) is 29.3 Å². The van der Waals surface area contributed by atoms with Crippen LogP contribution in [-0.2, 0) is 11.3 Å². The van der Waals surface area contributed by atoms with Crippen LogP contribution < -0.4 is 16.0 Å². The maximum Gasteiger partial charge on any atom is 0.411 e. The first-order valence-electron chi connectivity index (χ1n) is 9.85. The van der Waals surface area contributed by atoms with Gasteiger partial charge in [-0.3, -0.25) is 15.2 Å². The summed E-state index contributed by atoms with van der Waals surface area (Å²) in [6.45, 7) is 3.78. The lowest BCUT2D eigenvalue weighted by molar-refractivity contribution is 0.187. The number of nitrogens with zero attached hydrogens (tertiary/aromatic N) is 2. The molecule has 1 aliphatic rings. The number of amides is 1. The molecule has 8 heteroatoms. The van der Waals surface area contributed by atoms with Gasteiger partial charge in [-0.05, 0) is 55.1 Å². The van der Waals surface area contributed by atoms with Gasteiger partial charge in [0.05, 0.1) is 13.2 Å². The molecule has 2 heterocycles. The molecule has 1 aliphatic heterocycles. The minimum Gasteiger partial charge on any atom is -0.453 e. The Labute approximate surface area is 176 Å². The minimum atomic E-state index is -0.473. The molecule has 3 N–H and O–H groups in total. The molecule has 1 aromatic carbocycles. The summed E-state index contributed by atoms with van der Waals surface area (Å²) in [7, 11) is 3.13. The number of ether oxygens (including phenoxy) is 1. The molecule has 0 bridgehead atoms. The largest absolute Gasteiger partial charge is 0.453 e. The average molecular weight is 416 g/mol. The van der Waals surface area contributed by atoms with Gasteiger partial charge in [0, 0.05) is 30.7 Å². The highest BCUT2D eigenvalue weighted by molar-refractivity contribution is 7.10. The molecule has 1 unspecified atom stereocenters. The van der Waals surface area contributed by atoms with E-state index in [4.69, 9.17) is 0 Å². The maximum absolute atomic E-state index is 11.3. The molecule has 0 radical (unpaired) electrons. The van der Waals surface area contributed by atoms with E-state index in [1.165, 1.54) is 24.8 Å². The lowest BCUT2D eigenvalue weighted by Gasteiger charge is -2.27. The number of carbonyl (C=O) groups excluding carboxylic acids is 1. The van der Waals surface area contributed by atoms with Gasteiger partial charge in [-0.2, -0.15) is 0 Å². The smallest absolute Gasteiger partial charge is 0.411 e. The third kappa shape index (κ3) is 6.20. The highest BCUT2D eigenvalue weighted by Crippen LogP contribution is 2.27. The average Bonchev–Trinajstić information content (AvgIpc) is 3.46. The van der Waals surface area contributed by atoms with Crippen molar-refractivity contribution in [2.24, 2.45) is 4.99 Å². The molecule has 7 nitrogen and oxygen atoms in total. The molecular formula is C21H29N5O2S. The summed E-state index contributed by atoms with van der Waals surface area (Å²) in [5.74, 6) is 0.780. The van der Waals surface area contributed by atoms with Crippen molar-refractivity contribution < 1.29 is 9.53 Å². The van der Waals surface area contributed by atoms with Crippen LogP contribution in [0.25, 0.3) is 0 Å². The van der Waals surface area contributed by atoms with E-state index in [-0.39, 0.29) is 0 Å². The molecule has 0 saturated carbocycles. The normalized spacial score (nSPS) is 15.7. The van der Waals surface area contributed by atoms with Gasteiger partial charge in [0.2, 0.25) is 0 Å². The van der Waals surface area contributed by atoms with Crippen LogP contribution in [0.4, 0.5) is 10.5 Å². The van der Waals surface area contributed by atoms with Gasteiger partial charge in [0.15, 0.2) is 5.96 Å². The number of nitrogens with one attached hydrogen (secondary N) is 3. The second-order valence-electron chi connectivity index (χ2n) is 6.89. The van der Waals surface area contributed by atoms with Gasteiger partial charge in [0.25, 0.3) is 0 Å². The summed E-state index contributed by atoms with van der Waals surface area (Å²) in [6, 6.07) is 12.3. The molecule has 1 atom stereocenters. The van der Waals surface area contributed by atoms with Crippen molar-refractivity contribution >= 4 is 29.1 Å². The highest BCUT2D eigenvalue weighted by Gasteiger charge is 2.24. The summed E-state index contributed by atoms with van der Waals surface area (Å²) in [4.78, 5) is 19.6. The number of carbonyl (C=O) groups is 1. The zero-order valence-corrected chi connectivity index (χ0v) is 17.8. The van der Waals surface area contributed by atoms with Crippen LogP contribution in [0.3, 0.4) is 0 Å². The second kappa shape index (κ2) is 10.8. The van der Waals surface area contributed by atoms with E-state index in [9.17, 15) is 4.79 Å². The topological polar surface area (TPSA) is 78.0 Å². The van der Waals surface area contributed by atoms with Crippen LogP contribution in [0.5, 0.6) is 0 Å². The van der Waals surface area contributed by atoms with Crippen molar-refractivity contribution in [3.05, 3.63) is 52.2 Å². The van der Waals surface area contributed by atoms with Gasteiger partial charge in [-0.1, -0.05) is 18.2 Å². The quantitative estimate of drug-likeness (QED) is 0.477. The monoisotopic (exact) mass is 415 g/mol. The summed E-state index contributed by atoms with van der Waals surface area (Å²) in [6.07, 6.45) is 2.07. The van der Waals surface area contributed by atoms with E-state index in [2.05, 4.69) is 48.1 Å². The third-order valence-corrected chi connectivity index (χ3v) is 5.96. The highest BCUT2D eigenvalue weighted by atomic mass is 32.1. The number of methoxy groups -OCH3 is 1. The fourth-order valence-electron chi connectivity index (χ4n) is 3.42. The number of guanidine groups is 1. The molecule has 1 fully saturated rings. The number of likely N-dealkylation sites (tertiary alicyclic amines) is 1. The van der Waals surface area contributed by atoms with Gasteiger partial charge >= 0.3 is 6.09 Å². The number of thiophene rings is 1. The maximum atomic E-state index is 11.3. The number of anilines is 1. The predicted octanol–water partition coefficient (Wildman–Crippen LogP) is 3.43. The number of rotatable bonds is 7. The zero-order chi connectivity index (χ0) is 20.5. The SMILES string of the molecule is CN=C(NCc1ccc(NC(=O)OC)cc1)NCC(c1cccs1)N1CCCC1. The fraction of sp³-hybridized carbons (Fsp3) is 0.429. The predicted molar refractivity (Wildman–Crippen MR) is 119 cm³/mol. The minimum absolute atomic E-state index is 0.375. The standard InChI is InChI=1S/C21H29N5O2S/c1-22-20(23-14-16-7-9-17(10-8-16)25-21(27)28-2)24-15-18(19-6-5-13-29-19)26-11-3-4-12-26/h5-10,13,18H,3-4,11-12,14-15H2,1-2H3,(H,25,27)(H2,22,23,24). The first-order valence-corrected chi connectivity index (χ1v) is 10.7. The zero-order valence-electron chi connectivity index (χ0n) is 17.0. The molecule has 156 valence electrons. The summed E-state index contributed by atoms with van der Waals surface area (Å²) in [5, 5.41) is 11.6. The van der Waals surface area contributed by atoms with Gasteiger partial charge < -0.3 is 15.4 Å². The lowest BCUT2D eigenvalue weighted by atomic mass is 10.2. The summed E-state index contributed by atoms with van der Waals surface area (Å²) >= 11 is 1.81. The third-order valence-electron chi connectivity index (χ3n) is 4.99. The van der Waals surface area contributed by atoms with Crippen molar-refractivity contribution in [3.63, 3.8) is 0 Å². The summed E-state index contributed by atoms with van der Waals surface area (Å²) in [5.41, 5.74) is 1.80. The van der Waals surface area contributed by atoms with E-state index in [0.717, 1.165) is 31.2 Å². The number of aliphatic imine (C=N–C) groups is 1. The molecule has 0 aliphatic carbocycles. The Morgan fingerprint density at radius 1 is 1.21 bits per heavy atom. The van der Waals surface area contributed by atoms with Crippen molar-refractivity contribution in [3.8, 4) is 0 Å². The molecule has 1 aromatic heterocycles. The Balaban J connectivity index is 1.51. The Bertz CT molecular complexity index is 786. The lowest BCUT2D eigenvalue weighted by Crippen LogP contribution is -2.42. The molecule has 1 saturated heterocycles. The van der Waals surface area contributed by atoms with Crippen LogP contribution in [0.2, 0.25) is 0 Å². The molecule has 2 aromatic rings. The number of hydrogen-bond donors (Lipinski definition) is 3. The Kier molecular flexibility index (Phi) is 7.89. The Morgan fingerprint density at radius 3 is 2.59 bits per heavy atom. The molecule has 1 amide bonds. The fourth-order valence-corrected chi connectivity index (χ4v) is 4.28. The number of benzene rings is 1. The van der Waals surface area contributed by atoms with Gasteiger partial charge in [-0.25, -0.2) is 4.79 Å². The van der Waals surface area contributed by atoms with Crippen molar-refractivity contribution in [1.82, 2.24) is 15.5 Å². The van der Waals surface area contributed by atoms with E-state index < -0.39 is 6.09 Å². The molecular weight excluding hydrogens is 386 g/mol. The van der Waals surface area contributed by atoms with Crippen LogP contribution in [0, 0.1) is 0 Å². The van der Waals surface area contributed by atoms with Crippen LogP contribution in [-0.4, -0.2) is 50.7 Å². The molecule has 0 spiro atoms. The van der Waals surface area contributed by atoms with Gasteiger partial charge in [0.1, 0.15) is 0 Å².